The van der Waals surface area contributed by atoms with Crippen molar-refractivity contribution in [1.82, 2.24) is 5.32 Å². The minimum Gasteiger partial charge on any atom is -0.486 e. The fourth-order valence-electron chi connectivity index (χ4n) is 2.17. The quantitative estimate of drug-likeness (QED) is 0.880. The zero-order chi connectivity index (χ0) is 16.9. The van der Waals surface area contributed by atoms with Gasteiger partial charge in [0.1, 0.15) is 18.5 Å². The second kappa shape index (κ2) is 7.64. The molecular weight excluding hydrogens is 353 g/mol. The first-order valence-corrected chi connectivity index (χ1v) is 8.10. The summed E-state index contributed by atoms with van der Waals surface area (Å²) >= 11 is 11.8. The number of nitrogens with one attached hydrogen (secondary N) is 1. The third-order valence-electron chi connectivity index (χ3n) is 3.35. The van der Waals surface area contributed by atoms with E-state index >= 15 is 0 Å². The van der Waals surface area contributed by atoms with Crippen LogP contribution in [0.15, 0.2) is 42.5 Å². The van der Waals surface area contributed by atoms with Gasteiger partial charge in [-0.3, -0.25) is 4.79 Å². The molecule has 0 saturated heterocycles. The molecule has 1 aliphatic heterocycles. The molecule has 0 fully saturated rings. The highest BCUT2D eigenvalue weighted by atomic mass is 35.5. The number of hydrogen-bond donors (Lipinski definition) is 1. The van der Waals surface area contributed by atoms with Crippen LogP contribution in [0.4, 0.5) is 0 Å². The Hall–Kier alpha value is -2.11. The van der Waals surface area contributed by atoms with Crippen LogP contribution in [0.1, 0.15) is 0 Å². The minimum atomic E-state index is -0.284. The van der Waals surface area contributed by atoms with Crippen LogP contribution in [0.2, 0.25) is 10.0 Å². The minimum absolute atomic E-state index is 0.162. The van der Waals surface area contributed by atoms with Crippen molar-refractivity contribution in [3.63, 3.8) is 0 Å². The molecule has 2 aromatic rings. The van der Waals surface area contributed by atoms with E-state index in [-0.39, 0.29) is 18.6 Å². The molecule has 5 nitrogen and oxygen atoms in total. The second-order valence-electron chi connectivity index (χ2n) is 5.17. The number of halogens is 2. The van der Waals surface area contributed by atoms with Crippen molar-refractivity contribution in [3.05, 3.63) is 52.5 Å². The predicted octanol–water partition coefficient (Wildman–Crippen LogP) is 3.33. The van der Waals surface area contributed by atoms with E-state index in [0.29, 0.717) is 40.4 Å². The van der Waals surface area contributed by atoms with E-state index in [2.05, 4.69) is 5.32 Å². The molecule has 1 aliphatic rings. The summed E-state index contributed by atoms with van der Waals surface area (Å²) in [5, 5.41) is 3.63. The lowest BCUT2D eigenvalue weighted by atomic mass is 10.2. The molecule has 2 aromatic carbocycles. The molecule has 0 radical (unpaired) electrons. The van der Waals surface area contributed by atoms with Crippen LogP contribution < -0.4 is 19.5 Å². The molecular formula is C17H15Cl2NO4. The maximum Gasteiger partial charge on any atom is 0.258 e. The Balaban J connectivity index is 1.46. The van der Waals surface area contributed by atoms with E-state index in [9.17, 15) is 4.79 Å². The molecule has 1 amide bonds. The van der Waals surface area contributed by atoms with Crippen molar-refractivity contribution in [1.29, 1.82) is 0 Å². The lowest BCUT2D eigenvalue weighted by Crippen LogP contribution is -2.42. The van der Waals surface area contributed by atoms with Crippen molar-refractivity contribution < 1.29 is 19.0 Å². The standard InChI is InChI=1S/C17H15Cl2NO4/c18-11-5-6-13(19)16(7-11)23-10-17(21)20-8-12-9-22-14-3-1-2-4-15(14)24-12/h1-7,12H,8-10H2,(H,20,21). The molecule has 0 bridgehead atoms. The number of para-hydroxylation sites is 2. The van der Waals surface area contributed by atoms with Gasteiger partial charge in [-0.1, -0.05) is 35.3 Å². The maximum absolute atomic E-state index is 11.9. The molecule has 24 heavy (non-hydrogen) atoms. The predicted molar refractivity (Wildman–Crippen MR) is 91.3 cm³/mol. The number of carbonyl (C=O) groups excluding carboxylic acids is 1. The molecule has 7 heteroatoms. The highest BCUT2D eigenvalue weighted by Gasteiger charge is 2.21. The van der Waals surface area contributed by atoms with E-state index in [1.54, 1.807) is 18.2 Å². The van der Waals surface area contributed by atoms with Gasteiger partial charge in [0.25, 0.3) is 5.91 Å². The first-order valence-electron chi connectivity index (χ1n) is 7.35. The summed E-state index contributed by atoms with van der Waals surface area (Å²) in [5.74, 6) is 1.46. The molecule has 1 atom stereocenters. The molecule has 126 valence electrons. The van der Waals surface area contributed by atoms with Crippen LogP contribution in [-0.2, 0) is 4.79 Å². The van der Waals surface area contributed by atoms with Crippen molar-refractivity contribution >= 4 is 29.1 Å². The van der Waals surface area contributed by atoms with Gasteiger partial charge >= 0.3 is 0 Å². The number of ether oxygens (including phenoxy) is 3. The Kier molecular flexibility index (Phi) is 5.33. The summed E-state index contributed by atoms with van der Waals surface area (Å²) in [5.41, 5.74) is 0. The highest BCUT2D eigenvalue weighted by molar-refractivity contribution is 6.34. The molecule has 1 N–H and O–H groups in total. The van der Waals surface area contributed by atoms with E-state index in [1.165, 1.54) is 0 Å². The smallest absolute Gasteiger partial charge is 0.258 e. The monoisotopic (exact) mass is 367 g/mol. The number of amides is 1. The van der Waals surface area contributed by atoms with Crippen LogP contribution in [0, 0.1) is 0 Å². The molecule has 1 unspecified atom stereocenters. The first-order chi connectivity index (χ1) is 11.6. The summed E-state index contributed by atoms with van der Waals surface area (Å²) < 4.78 is 16.7. The number of hydrogen-bond acceptors (Lipinski definition) is 4. The highest BCUT2D eigenvalue weighted by Crippen LogP contribution is 2.30. The Morgan fingerprint density at radius 3 is 2.83 bits per heavy atom. The van der Waals surface area contributed by atoms with E-state index in [4.69, 9.17) is 37.4 Å². The molecule has 0 saturated carbocycles. The summed E-state index contributed by atoms with van der Waals surface area (Å²) in [6, 6.07) is 12.2. The number of fused-ring (bicyclic) bond motifs is 1. The summed E-state index contributed by atoms with van der Waals surface area (Å²) in [7, 11) is 0. The number of benzene rings is 2. The largest absolute Gasteiger partial charge is 0.486 e. The lowest BCUT2D eigenvalue weighted by molar-refractivity contribution is -0.123. The summed E-state index contributed by atoms with van der Waals surface area (Å²) in [6.07, 6.45) is -0.251. The average molecular weight is 368 g/mol. The number of carbonyl (C=O) groups is 1. The third-order valence-corrected chi connectivity index (χ3v) is 3.89. The molecule has 0 spiro atoms. The summed E-state index contributed by atoms with van der Waals surface area (Å²) in [6.45, 7) is 0.530. The fourth-order valence-corrected chi connectivity index (χ4v) is 2.51. The molecule has 0 aliphatic carbocycles. The van der Waals surface area contributed by atoms with E-state index in [0.717, 1.165) is 0 Å². The van der Waals surface area contributed by atoms with Crippen LogP contribution >= 0.6 is 23.2 Å². The van der Waals surface area contributed by atoms with Gasteiger partial charge < -0.3 is 19.5 Å². The van der Waals surface area contributed by atoms with Gasteiger partial charge in [0, 0.05) is 11.1 Å². The van der Waals surface area contributed by atoms with Crippen LogP contribution in [0.3, 0.4) is 0 Å². The number of rotatable bonds is 5. The zero-order valence-corrected chi connectivity index (χ0v) is 14.1. The third kappa shape index (κ3) is 4.24. The van der Waals surface area contributed by atoms with Gasteiger partial charge in [-0.05, 0) is 24.3 Å². The molecule has 1 heterocycles. The molecule has 3 rings (SSSR count). The SMILES string of the molecule is O=C(COc1cc(Cl)ccc1Cl)NCC1COc2ccccc2O1. The summed E-state index contributed by atoms with van der Waals surface area (Å²) in [4.78, 5) is 11.9. The molecule has 0 aromatic heterocycles. The van der Waals surface area contributed by atoms with Gasteiger partial charge in [0.2, 0.25) is 0 Å². The van der Waals surface area contributed by atoms with Crippen LogP contribution in [-0.4, -0.2) is 31.8 Å². The Labute approximate surface area is 149 Å². The lowest BCUT2D eigenvalue weighted by Gasteiger charge is -2.26. The van der Waals surface area contributed by atoms with Gasteiger partial charge in [-0.2, -0.15) is 0 Å². The van der Waals surface area contributed by atoms with Crippen molar-refractivity contribution in [2.75, 3.05) is 19.8 Å². The zero-order valence-electron chi connectivity index (χ0n) is 12.6. The van der Waals surface area contributed by atoms with Crippen molar-refractivity contribution in [2.24, 2.45) is 0 Å². The Bertz CT molecular complexity index is 738. The van der Waals surface area contributed by atoms with E-state index < -0.39 is 0 Å². The maximum atomic E-state index is 11.9. The van der Waals surface area contributed by atoms with Crippen molar-refractivity contribution in [2.45, 2.75) is 6.10 Å². The fraction of sp³-hybridized carbons (Fsp3) is 0.235. The van der Waals surface area contributed by atoms with Crippen molar-refractivity contribution in [3.8, 4) is 17.2 Å². The van der Waals surface area contributed by atoms with E-state index in [1.807, 2.05) is 24.3 Å². The van der Waals surface area contributed by atoms with Gasteiger partial charge in [0.05, 0.1) is 11.6 Å². The van der Waals surface area contributed by atoms with Gasteiger partial charge in [0.15, 0.2) is 18.1 Å². The van der Waals surface area contributed by atoms with Crippen LogP contribution in [0.5, 0.6) is 17.2 Å². The van der Waals surface area contributed by atoms with Gasteiger partial charge in [-0.25, -0.2) is 0 Å². The Morgan fingerprint density at radius 1 is 1.21 bits per heavy atom. The second-order valence-corrected chi connectivity index (χ2v) is 6.01. The Morgan fingerprint density at radius 2 is 2.00 bits per heavy atom. The van der Waals surface area contributed by atoms with Gasteiger partial charge in [-0.15, -0.1) is 0 Å². The van der Waals surface area contributed by atoms with Crippen LogP contribution in [0.25, 0.3) is 0 Å². The topological polar surface area (TPSA) is 56.8 Å². The average Bonchev–Trinajstić information content (AvgIpc) is 2.60. The normalized spacial score (nSPS) is 15.7. The first kappa shape index (κ1) is 16.7.